The summed E-state index contributed by atoms with van der Waals surface area (Å²) >= 11 is 0. The highest BCUT2D eigenvalue weighted by atomic mass is 35.5. The summed E-state index contributed by atoms with van der Waals surface area (Å²) in [6.07, 6.45) is -4.67. The van der Waals surface area contributed by atoms with Gasteiger partial charge in [-0.05, 0) is 12.1 Å². The third kappa shape index (κ3) is 5.61. The number of β-amino-alcohol motifs (C(OH)–C–C–N with tert-alkyl or cyclic N) is 1. The van der Waals surface area contributed by atoms with Crippen LogP contribution >= 0.6 is 12.4 Å². The van der Waals surface area contributed by atoms with Crippen LogP contribution in [0.1, 0.15) is 0 Å². The Hall–Kier alpha value is -1.18. The van der Waals surface area contributed by atoms with Crippen molar-refractivity contribution in [1.82, 2.24) is 4.90 Å². The van der Waals surface area contributed by atoms with Gasteiger partial charge in [0.1, 0.15) is 5.75 Å². The topological polar surface area (TPSA) is 35.9 Å². The van der Waals surface area contributed by atoms with Crippen molar-refractivity contribution >= 4 is 18.1 Å². The van der Waals surface area contributed by atoms with E-state index >= 15 is 0 Å². The van der Waals surface area contributed by atoms with Gasteiger partial charge >= 0.3 is 6.36 Å². The van der Waals surface area contributed by atoms with Gasteiger partial charge in [0.05, 0.1) is 6.61 Å². The predicted octanol–water partition coefficient (Wildman–Crippen LogP) is 2.12. The van der Waals surface area contributed by atoms with Gasteiger partial charge in [-0.3, -0.25) is 4.90 Å². The number of hydrogen-bond donors (Lipinski definition) is 1. The number of halogens is 4. The van der Waals surface area contributed by atoms with Gasteiger partial charge in [0, 0.05) is 44.5 Å². The number of ether oxygens (including phenoxy) is 1. The van der Waals surface area contributed by atoms with Crippen LogP contribution < -0.4 is 9.64 Å². The predicted molar refractivity (Wildman–Crippen MR) is 76.1 cm³/mol. The molecule has 120 valence electrons. The van der Waals surface area contributed by atoms with Gasteiger partial charge in [-0.2, -0.15) is 0 Å². The SMILES string of the molecule is Cl.OCCN1CCN(c2cccc(OC(F)(F)F)c2)CC1. The third-order valence-electron chi connectivity index (χ3n) is 3.20. The molecule has 0 saturated carbocycles. The van der Waals surface area contributed by atoms with Crippen molar-refractivity contribution in [3.63, 3.8) is 0 Å². The molecule has 2 rings (SSSR count). The Morgan fingerprint density at radius 1 is 1.14 bits per heavy atom. The van der Waals surface area contributed by atoms with E-state index in [1.165, 1.54) is 12.1 Å². The van der Waals surface area contributed by atoms with Crippen LogP contribution in [0.4, 0.5) is 18.9 Å². The maximum atomic E-state index is 12.2. The van der Waals surface area contributed by atoms with E-state index < -0.39 is 6.36 Å². The molecule has 0 spiro atoms. The Bertz CT molecular complexity index is 438. The molecule has 21 heavy (non-hydrogen) atoms. The molecule has 1 N–H and O–H groups in total. The molecule has 0 unspecified atom stereocenters. The van der Waals surface area contributed by atoms with Gasteiger partial charge in [-0.25, -0.2) is 0 Å². The number of alkyl halides is 3. The van der Waals surface area contributed by atoms with Crippen molar-refractivity contribution < 1.29 is 23.0 Å². The molecule has 8 heteroatoms. The third-order valence-corrected chi connectivity index (χ3v) is 3.20. The molecule has 0 amide bonds. The first-order chi connectivity index (χ1) is 9.48. The molecule has 0 radical (unpaired) electrons. The molecule has 0 bridgehead atoms. The molecule has 1 aliphatic rings. The minimum Gasteiger partial charge on any atom is -0.406 e. The quantitative estimate of drug-likeness (QED) is 0.919. The molecule has 0 aromatic heterocycles. The highest BCUT2D eigenvalue weighted by molar-refractivity contribution is 5.85. The fraction of sp³-hybridized carbons (Fsp3) is 0.538. The second-order valence-electron chi connectivity index (χ2n) is 4.60. The summed E-state index contributed by atoms with van der Waals surface area (Å²) in [7, 11) is 0. The van der Waals surface area contributed by atoms with E-state index in [0.717, 1.165) is 31.9 Å². The molecule has 1 saturated heterocycles. The zero-order valence-electron chi connectivity index (χ0n) is 11.3. The molecule has 1 heterocycles. The molecule has 1 aromatic carbocycles. The number of hydrogen-bond acceptors (Lipinski definition) is 4. The van der Waals surface area contributed by atoms with Crippen molar-refractivity contribution in [3.8, 4) is 5.75 Å². The first-order valence-electron chi connectivity index (χ1n) is 6.42. The van der Waals surface area contributed by atoms with Gasteiger partial charge in [0.15, 0.2) is 0 Å². The largest absolute Gasteiger partial charge is 0.573 e. The van der Waals surface area contributed by atoms with Crippen LogP contribution in [0.15, 0.2) is 24.3 Å². The summed E-state index contributed by atoms with van der Waals surface area (Å²) in [6.45, 7) is 3.75. The van der Waals surface area contributed by atoms with E-state index in [-0.39, 0.29) is 24.8 Å². The first kappa shape index (κ1) is 17.9. The van der Waals surface area contributed by atoms with E-state index in [2.05, 4.69) is 9.64 Å². The highest BCUT2D eigenvalue weighted by Gasteiger charge is 2.31. The van der Waals surface area contributed by atoms with E-state index in [1.807, 2.05) is 4.90 Å². The lowest BCUT2D eigenvalue weighted by Gasteiger charge is -2.35. The summed E-state index contributed by atoms with van der Waals surface area (Å²) in [5.41, 5.74) is 0.718. The number of aliphatic hydroxyl groups excluding tert-OH is 1. The normalized spacial score (nSPS) is 16.5. The lowest BCUT2D eigenvalue weighted by Crippen LogP contribution is -2.47. The van der Waals surface area contributed by atoms with Gasteiger partial charge < -0.3 is 14.7 Å². The van der Waals surface area contributed by atoms with Crippen molar-refractivity contribution in [1.29, 1.82) is 0 Å². The van der Waals surface area contributed by atoms with E-state index in [4.69, 9.17) is 5.11 Å². The first-order valence-corrected chi connectivity index (χ1v) is 6.42. The average Bonchev–Trinajstić information content (AvgIpc) is 2.38. The van der Waals surface area contributed by atoms with Crippen molar-refractivity contribution in [3.05, 3.63) is 24.3 Å². The lowest BCUT2D eigenvalue weighted by atomic mass is 10.2. The number of piperazine rings is 1. The van der Waals surface area contributed by atoms with Crippen molar-refractivity contribution in [2.45, 2.75) is 6.36 Å². The number of anilines is 1. The smallest absolute Gasteiger partial charge is 0.406 e. The number of aliphatic hydroxyl groups is 1. The van der Waals surface area contributed by atoms with Crippen LogP contribution in [0, 0.1) is 0 Å². The second-order valence-corrected chi connectivity index (χ2v) is 4.60. The van der Waals surface area contributed by atoms with Crippen LogP contribution in [0.3, 0.4) is 0 Å². The summed E-state index contributed by atoms with van der Waals surface area (Å²) in [4.78, 5) is 4.13. The maximum Gasteiger partial charge on any atom is 0.573 e. The monoisotopic (exact) mass is 326 g/mol. The minimum absolute atomic E-state index is 0. The molecular formula is C13H18ClF3N2O2. The minimum atomic E-state index is -4.67. The van der Waals surface area contributed by atoms with E-state index in [1.54, 1.807) is 12.1 Å². The molecule has 0 aliphatic carbocycles. The summed E-state index contributed by atoms with van der Waals surface area (Å²) in [5, 5.41) is 8.87. The Labute approximate surface area is 127 Å². The molecule has 1 fully saturated rings. The van der Waals surface area contributed by atoms with Gasteiger partial charge in [0.25, 0.3) is 0 Å². The lowest BCUT2D eigenvalue weighted by molar-refractivity contribution is -0.274. The number of rotatable bonds is 4. The maximum absolute atomic E-state index is 12.2. The standard InChI is InChI=1S/C13H17F3N2O2.ClH/c14-13(15,16)20-12-3-1-2-11(10-12)18-6-4-17(5-7-18)8-9-19;/h1-3,10,19H,4-9H2;1H. The van der Waals surface area contributed by atoms with E-state index in [9.17, 15) is 13.2 Å². The Morgan fingerprint density at radius 3 is 2.38 bits per heavy atom. The highest BCUT2D eigenvalue weighted by Crippen LogP contribution is 2.27. The fourth-order valence-electron chi connectivity index (χ4n) is 2.25. The van der Waals surface area contributed by atoms with Crippen LogP contribution in [-0.2, 0) is 0 Å². The van der Waals surface area contributed by atoms with Crippen LogP contribution in [0.5, 0.6) is 5.75 Å². The van der Waals surface area contributed by atoms with Gasteiger partial charge in [-0.1, -0.05) is 6.07 Å². The zero-order chi connectivity index (χ0) is 14.6. The number of benzene rings is 1. The Morgan fingerprint density at radius 2 is 1.81 bits per heavy atom. The number of nitrogens with zero attached hydrogens (tertiary/aromatic N) is 2. The van der Waals surface area contributed by atoms with Crippen molar-refractivity contribution in [2.24, 2.45) is 0 Å². The summed E-state index contributed by atoms with van der Waals surface area (Å²) in [5.74, 6) is -0.201. The van der Waals surface area contributed by atoms with Crippen LogP contribution in [0.2, 0.25) is 0 Å². The molecule has 1 aromatic rings. The van der Waals surface area contributed by atoms with Crippen molar-refractivity contribution in [2.75, 3.05) is 44.2 Å². The van der Waals surface area contributed by atoms with Gasteiger partial charge in [0.2, 0.25) is 0 Å². The Balaban J connectivity index is 0.00000220. The molecule has 4 nitrogen and oxygen atoms in total. The molecule has 0 atom stereocenters. The average molecular weight is 327 g/mol. The Kier molecular flexibility index (Phi) is 6.57. The molecule has 1 aliphatic heterocycles. The zero-order valence-corrected chi connectivity index (χ0v) is 12.2. The summed E-state index contributed by atoms with van der Waals surface area (Å²) < 4.78 is 40.5. The summed E-state index contributed by atoms with van der Waals surface area (Å²) in [6, 6.07) is 6.01. The fourth-order valence-corrected chi connectivity index (χ4v) is 2.25. The molecular weight excluding hydrogens is 309 g/mol. The van der Waals surface area contributed by atoms with E-state index in [0.29, 0.717) is 6.54 Å². The van der Waals surface area contributed by atoms with Gasteiger partial charge in [-0.15, -0.1) is 25.6 Å². The second kappa shape index (κ2) is 7.72. The van der Waals surface area contributed by atoms with Crippen LogP contribution in [0.25, 0.3) is 0 Å². The van der Waals surface area contributed by atoms with Crippen LogP contribution in [-0.4, -0.2) is 55.7 Å².